The second-order valence-electron chi connectivity index (χ2n) is 6.32. The molecule has 6 nitrogen and oxygen atoms in total. The van der Waals surface area contributed by atoms with Crippen LogP contribution in [0.5, 0.6) is 11.5 Å². The molecule has 0 amide bonds. The molecule has 3 aromatic rings. The van der Waals surface area contributed by atoms with Crippen LogP contribution in [-0.4, -0.2) is 22.8 Å². The number of hydrogen-bond acceptors (Lipinski definition) is 6. The van der Waals surface area contributed by atoms with Crippen molar-refractivity contribution < 1.29 is 9.47 Å². The fourth-order valence-corrected chi connectivity index (χ4v) is 2.72. The fraction of sp³-hybridized carbons (Fsp3) is 0.200. The van der Waals surface area contributed by atoms with Gasteiger partial charge in [-0.1, -0.05) is 30.3 Å². The van der Waals surface area contributed by atoms with E-state index in [1.807, 2.05) is 54.6 Å². The van der Waals surface area contributed by atoms with Crippen molar-refractivity contribution in [3.05, 3.63) is 54.6 Å². The second-order valence-corrected chi connectivity index (χ2v) is 6.32. The predicted molar refractivity (Wildman–Crippen MR) is 102 cm³/mol. The van der Waals surface area contributed by atoms with E-state index in [-0.39, 0.29) is 12.8 Å². The van der Waals surface area contributed by atoms with Gasteiger partial charge in [0.25, 0.3) is 0 Å². The predicted octanol–water partition coefficient (Wildman–Crippen LogP) is 4.44. The van der Waals surface area contributed by atoms with E-state index in [0.717, 1.165) is 28.6 Å². The molecule has 0 unspecified atom stereocenters. The van der Waals surface area contributed by atoms with Gasteiger partial charge in [-0.25, -0.2) is 9.97 Å². The monoisotopic (exact) mass is 348 g/mol. The lowest BCUT2D eigenvalue weighted by molar-refractivity contribution is 0.174. The maximum atomic E-state index is 5.44. The van der Waals surface area contributed by atoms with Gasteiger partial charge in [0.15, 0.2) is 17.3 Å². The third kappa shape index (κ3) is 3.54. The summed E-state index contributed by atoms with van der Waals surface area (Å²) in [5.74, 6) is 3.63. The maximum Gasteiger partial charge on any atom is 0.231 e. The Morgan fingerprint density at radius 2 is 1.65 bits per heavy atom. The zero-order valence-electron chi connectivity index (χ0n) is 14.7. The summed E-state index contributed by atoms with van der Waals surface area (Å²) >= 11 is 0. The maximum absolute atomic E-state index is 5.44. The smallest absolute Gasteiger partial charge is 0.231 e. The average molecular weight is 348 g/mol. The zero-order chi connectivity index (χ0) is 17.9. The molecule has 0 radical (unpaired) electrons. The Balaban J connectivity index is 1.68. The van der Waals surface area contributed by atoms with Crippen LogP contribution in [0.25, 0.3) is 11.4 Å². The minimum absolute atomic E-state index is 0.257. The highest BCUT2D eigenvalue weighted by atomic mass is 16.7. The van der Waals surface area contributed by atoms with Crippen LogP contribution in [0.2, 0.25) is 0 Å². The van der Waals surface area contributed by atoms with E-state index < -0.39 is 0 Å². The number of rotatable bonds is 5. The van der Waals surface area contributed by atoms with E-state index in [0.29, 0.717) is 11.6 Å². The summed E-state index contributed by atoms with van der Waals surface area (Å²) in [7, 11) is 0. The quantitative estimate of drug-likeness (QED) is 0.711. The summed E-state index contributed by atoms with van der Waals surface area (Å²) in [5.41, 5.74) is 1.84. The van der Waals surface area contributed by atoms with Crippen LogP contribution in [0, 0.1) is 0 Å². The molecule has 4 rings (SSSR count). The highest BCUT2D eigenvalue weighted by molar-refractivity contribution is 5.67. The molecule has 1 aliphatic heterocycles. The van der Waals surface area contributed by atoms with Gasteiger partial charge >= 0.3 is 0 Å². The van der Waals surface area contributed by atoms with Gasteiger partial charge in [-0.3, -0.25) is 0 Å². The number of fused-ring (bicyclic) bond motifs is 1. The van der Waals surface area contributed by atoms with Crippen LogP contribution in [0.3, 0.4) is 0 Å². The Morgan fingerprint density at radius 1 is 0.885 bits per heavy atom. The zero-order valence-corrected chi connectivity index (χ0v) is 14.7. The van der Waals surface area contributed by atoms with Crippen molar-refractivity contribution in [2.45, 2.75) is 19.9 Å². The molecule has 0 saturated carbocycles. The van der Waals surface area contributed by atoms with Crippen LogP contribution in [0.1, 0.15) is 13.8 Å². The van der Waals surface area contributed by atoms with Crippen LogP contribution < -0.4 is 20.1 Å². The molecule has 0 spiro atoms. The van der Waals surface area contributed by atoms with Gasteiger partial charge in [0.05, 0.1) is 0 Å². The summed E-state index contributed by atoms with van der Waals surface area (Å²) in [6, 6.07) is 17.8. The molecule has 0 aliphatic carbocycles. The van der Waals surface area contributed by atoms with Gasteiger partial charge in [-0.15, -0.1) is 0 Å². The molecule has 2 heterocycles. The minimum Gasteiger partial charge on any atom is -0.454 e. The molecular weight excluding hydrogens is 328 g/mol. The molecule has 1 aromatic heterocycles. The van der Waals surface area contributed by atoms with E-state index in [1.54, 1.807) is 0 Å². The van der Waals surface area contributed by atoms with Crippen molar-refractivity contribution in [1.29, 1.82) is 0 Å². The van der Waals surface area contributed by atoms with Crippen LogP contribution in [0.4, 0.5) is 17.3 Å². The molecule has 0 bridgehead atoms. The first kappa shape index (κ1) is 16.2. The van der Waals surface area contributed by atoms with Gasteiger partial charge < -0.3 is 20.1 Å². The largest absolute Gasteiger partial charge is 0.454 e. The van der Waals surface area contributed by atoms with Crippen molar-refractivity contribution in [1.82, 2.24) is 9.97 Å². The summed E-state index contributed by atoms with van der Waals surface area (Å²) in [5, 5.41) is 6.68. The first-order valence-corrected chi connectivity index (χ1v) is 8.55. The van der Waals surface area contributed by atoms with Crippen LogP contribution >= 0.6 is 0 Å². The normalized spacial score (nSPS) is 12.3. The van der Waals surface area contributed by atoms with Crippen molar-refractivity contribution in [3.63, 3.8) is 0 Å². The van der Waals surface area contributed by atoms with Gasteiger partial charge in [0.1, 0.15) is 11.6 Å². The molecule has 1 aliphatic rings. The third-order valence-corrected chi connectivity index (χ3v) is 3.84. The lowest BCUT2D eigenvalue weighted by Gasteiger charge is -2.13. The number of ether oxygens (including phenoxy) is 2. The Kier molecular flexibility index (Phi) is 4.31. The summed E-state index contributed by atoms with van der Waals surface area (Å²) in [6.45, 7) is 4.41. The average Bonchev–Trinajstić information content (AvgIpc) is 3.09. The van der Waals surface area contributed by atoms with Gasteiger partial charge in [-0.2, -0.15) is 0 Å². The van der Waals surface area contributed by atoms with E-state index in [1.165, 1.54) is 0 Å². The highest BCUT2D eigenvalue weighted by Gasteiger charge is 2.14. The van der Waals surface area contributed by atoms with E-state index in [2.05, 4.69) is 34.4 Å². The first-order chi connectivity index (χ1) is 12.7. The molecule has 0 atom stereocenters. The van der Waals surface area contributed by atoms with E-state index >= 15 is 0 Å². The SMILES string of the molecule is CC(C)Nc1cc(Nc2ccc3c(c2)OCO3)nc(-c2ccccc2)n1. The Labute approximate surface area is 152 Å². The molecule has 6 heteroatoms. The number of anilines is 3. The molecule has 0 saturated heterocycles. The van der Waals surface area contributed by atoms with Crippen LogP contribution in [0.15, 0.2) is 54.6 Å². The lowest BCUT2D eigenvalue weighted by Crippen LogP contribution is -2.12. The standard InChI is InChI=1S/C20H20N4O2/c1-13(2)21-18-11-19(24-20(23-18)14-6-4-3-5-7-14)22-15-8-9-16-17(10-15)26-12-25-16/h3-11,13H,12H2,1-2H3,(H2,21,22,23,24). The Bertz CT molecular complexity index is 913. The first-order valence-electron chi connectivity index (χ1n) is 8.55. The number of benzene rings is 2. The molecule has 26 heavy (non-hydrogen) atoms. The summed E-state index contributed by atoms with van der Waals surface area (Å²) in [4.78, 5) is 9.30. The van der Waals surface area contributed by atoms with Gasteiger partial charge in [0, 0.05) is 29.4 Å². The lowest BCUT2D eigenvalue weighted by atomic mass is 10.2. The Hall–Kier alpha value is -3.28. The van der Waals surface area contributed by atoms with Crippen molar-refractivity contribution in [3.8, 4) is 22.9 Å². The second kappa shape index (κ2) is 6.92. The number of hydrogen-bond donors (Lipinski definition) is 2. The number of nitrogens with zero attached hydrogens (tertiary/aromatic N) is 2. The minimum atomic E-state index is 0.257. The topological polar surface area (TPSA) is 68.3 Å². The number of nitrogens with one attached hydrogen (secondary N) is 2. The van der Waals surface area contributed by atoms with Crippen molar-refractivity contribution >= 4 is 17.3 Å². The molecule has 2 N–H and O–H groups in total. The molecule has 132 valence electrons. The molecule has 2 aromatic carbocycles. The van der Waals surface area contributed by atoms with Gasteiger partial charge in [0.2, 0.25) is 6.79 Å². The molecule has 0 fully saturated rings. The van der Waals surface area contributed by atoms with Gasteiger partial charge in [-0.05, 0) is 26.0 Å². The van der Waals surface area contributed by atoms with Crippen molar-refractivity contribution in [2.75, 3.05) is 17.4 Å². The van der Waals surface area contributed by atoms with Crippen molar-refractivity contribution in [2.24, 2.45) is 0 Å². The van der Waals surface area contributed by atoms with Crippen LogP contribution in [-0.2, 0) is 0 Å². The number of aromatic nitrogens is 2. The Morgan fingerprint density at radius 3 is 2.46 bits per heavy atom. The highest BCUT2D eigenvalue weighted by Crippen LogP contribution is 2.35. The fourth-order valence-electron chi connectivity index (χ4n) is 2.72. The van der Waals surface area contributed by atoms with E-state index in [9.17, 15) is 0 Å². The van der Waals surface area contributed by atoms with E-state index in [4.69, 9.17) is 9.47 Å². The third-order valence-electron chi connectivity index (χ3n) is 3.84. The summed E-state index contributed by atoms with van der Waals surface area (Å²) < 4.78 is 10.8. The summed E-state index contributed by atoms with van der Waals surface area (Å²) in [6.07, 6.45) is 0. The molecular formula is C20H20N4O2.